The summed E-state index contributed by atoms with van der Waals surface area (Å²) in [5.41, 5.74) is -0.947. The van der Waals surface area contributed by atoms with E-state index in [1.54, 1.807) is 18.9 Å². The second-order valence-corrected chi connectivity index (χ2v) is 7.35. The molecule has 1 aromatic rings. The van der Waals surface area contributed by atoms with Gasteiger partial charge < -0.3 is 19.6 Å². The zero-order valence-electron chi connectivity index (χ0n) is 15.4. The van der Waals surface area contributed by atoms with Crippen LogP contribution in [0.3, 0.4) is 0 Å². The fraction of sp³-hybridized carbons (Fsp3) is 0.824. The van der Waals surface area contributed by atoms with Crippen molar-refractivity contribution in [2.45, 2.75) is 57.2 Å². The van der Waals surface area contributed by atoms with Crippen LogP contribution >= 0.6 is 0 Å². The Balaban J connectivity index is 1.79. The van der Waals surface area contributed by atoms with Gasteiger partial charge in [-0.3, -0.25) is 9.36 Å². The number of piperidine rings is 1. The molecule has 1 aliphatic heterocycles. The van der Waals surface area contributed by atoms with E-state index < -0.39 is 5.60 Å². The van der Waals surface area contributed by atoms with E-state index in [-0.39, 0.29) is 5.91 Å². The van der Waals surface area contributed by atoms with Gasteiger partial charge in [-0.05, 0) is 25.7 Å². The molecule has 1 saturated heterocycles. The zero-order valence-corrected chi connectivity index (χ0v) is 15.4. The molecule has 1 amide bonds. The SMILES string of the molecule is COCCn1c(CC2(O)CCCN(C(C)=O)C2)nnc1N(C)C1CC1. The van der Waals surface area contributed by atoms with Gasteiger partial charge in [0.25, 0.3) is 0 Å². The molecular weight excluding hydrogens is 322 g/mol. The normalized spacial score (nSPS) is 23.8. The van der Waals surface area contributed by atoms with Gasteiger partial charge >= 0.3 is 0 Å². The maximum Gasteiger partial charge on any atom is 0.227 e. The van der Waals surface area contributed by atoms with E-state index in [0.29, 0.717) is 45.1 Å². The Morgan fingerprint density at radius 1 is 1.44 bits per heavy atom. The number of rotatable bonds is 7. The molecule has 1 aromatic heterocycles. The molecule has 8 heteroatoms. The molecule has 1 unspecified atom stereocenters. The van der Waals surface area contributed by atoms with Crippen LogP contribution in [0.25, 0.3) is 0 Å². The molecular formula is C17H29N5O3. The number of likely N-dealkylation sites (tertiary alicyclic amines) is 1. The monoisotopic (exact) mass is 351 g/mol. The summed E-state index contributed by atoms with van der Waals surface area (Å²) in [4.78, 5) is 15.6. The molecule has 2 aliphatic rings. The minimum absolute atomic E-state index is 0.00753. The molecule has 2 fully saturated rings. The summed E-state index contributed by atoms with van der Waals surface area (Å²) in [6.45, 7) is 3.83. The lowest BCUT2D eigenvalue weighted by Crippen LogP contribution is -2.51. The Morgan fingerprint density at radius 2 is 2.20 bits per heavy atom. The summed E-state index contributed by atoms with van der Waals surface area (Å²) in [5.74, 6) is 1.60. The first-order chi connectivity index (χ1) is 11.9. The average Bonchev–Trinajstić information content (AvgIpc) is 3.35. The number of nitrogens with zero attached hydrogens (tertiary/aromatic N) is 5. The molecule has 2 heterocycles. The van der Waals surface area contributed by atoms with Crippen molar-refractivity contribution in [1.82, 2.24) is 19.7 Å². The van der Waals surface area contributed by atoms with Crippen molar-refractivity contribution < 1.29 is 14.6 Å². The van der Waals surface area contributed by atoms with Crippen molar-refractivity contribution in [1.29, 1.82) is 0 Å². The predicted octanol–water partition coefficient (Wildman–Crippen LogP) is 0.439. The van der Waals surface area contributed by atoms with Crippen LogP contribution in [-0.2, 0) is 22.5 Å². The summed E-state index contributed by atoms with van der Waals surface area (Å²) in [6.07, 6.45) is 4.23. The van der Waals surface area contributed by atoms with Crippen molar-refractivity contribution >= 4 is 11.9 Å². The molecule has 1 saturated carbocycles. The van der Waals surface area contributed by atoms with E-state index in [1.807, 2.05) is 11.6 Å². The first-order valence-electron chi connectivity index (χ1n) is 9.05. The van der Waals surface area contributed by atoms with Crippen LogP contribution in [0.1, 0.15) is 38.4 Å². The fourth-order valence-corrected chi connectivity index (χ4v) is 3.57. The summed E-state index contributed by atoms with van der Waals surface area (Å²) in [6, 6.07) is 0.532. The third kappa shape index (κ3) is 4.12. The van der Waals surface area contributed by atoms with E-state index in [2.05, 4.69) is 15.1 Å². The molecule has 0 bridgehead atoms. The van der Waals surface area contributed by atoms with Crippen molar-refractivity contribution in [2.24, 2.45) is 0 Å². The van der Waals surface area contributed by atoms with Gasteiger partial charge in [-0.2, -0.15) is 0 Å². The van der Waals surface area contributed by atoms with Crippen molar-refractivity contribution in [2.75, 3.05) is 38.8 Å². The minimum atomic E-state index is -0.947. The Labute approximate surface area is 148 Å². The lowest BCUT2D eigenvalue weighted by molar-refractivity contribution is -0.136. The van der Waals surface area contributed by atoms with Gasteiger partial charge in [0.1, 0.15) is 5.82 Å². The van der Waals surface area contributed by atoms with Crippen LogP contribution < -0.4 is 4.90 Å². The highest BCUT2D eigenvalue weighted by Gasteiger charge is 2.37. The number of aromatic nitrogens is 3. The number of carbonyl (C=O) groups excluding carboxylic acids is 1. The molecule has 25 heavy (non-hydrogen) atoms. The Kier molecular flexibility index (Phi) is 5.29. The lowest BCUT2D eigenvalue weighted by Gasteiger charge is -2.38. The van der Waals surface area contributed by atoms with E-state index in [4.69, 9.17) is 4.74 Å². The van der Waals surface area contributed by atoms with E-state index >= 15 is 0 Å². The first kappa shape index (κ1) is 18.1. The number of hydrogen-bond acceptors (Lipinski definition) is 6. The van der Waals surface area contributed by atoms with E-state index in [9.17, 15) is 9.90 Å². The third-order valence-electron chi connectivity index (χ3n) is 5.22. The van der Waals surface area contributed by atoms with Gasteiger partial charge in [0.15, 0.2) is 0 Å². The summed E-state index contributed by atoms with van der Waals surface area (Å²) < 4.78 is 7.28. The Bertz CT molecular complexity index is 615. The maximum atomic E-state index is 11.7. The maximum absolute atomic E-state index is 11.7. The highest BCUT2D eigenvalue weighted by molar-refractivity contribution is 5.73. The number of β-amino-alcohol motifs (C(OH)–C–C–N with tert-alkyl or cyclic N) is 1. The summed E-state index contributed by atoms with van der Waals surface area (Å²) in [5, 5.41) is 19.8. The molecule has 1 atom stereocenters. The summed E-state index contributed by atoms with van der Waals surface area (Å²) in [7, 11) is 3.72. The van der Waals surface area contributed by atoms with Crippen molar-refractivity contribution in [3.05, 3.63) is 5.82 Å². The smallest absolute Gasteiger partial charge is 0.227 e. The van der Waals surface area contributed by atoms with Crippen LogP contribution in [0, 0.1) is 0 Å². The van der Waals surface area contributed by atoms with Crippen LogP contribution in [0.15, 0.2) is 0 Å². The highest BCUT2D eigenvalue weighted by atomic mass is 16.5. The topological polar surface area (TPSA) is 83.7 Å². The molecule has 140 valence electrons. The van der Waals surface area contributed by atoms with Crippen LogP contribution in [0.4, 0.5) is 5.95 Å². The first-order valence-corrected chi connectivity index (χ1v) is 9.05. The highest BCUT2D eigenvalue weighted by Crippen LogP contribution is 2.31. The molecule has 1 aliphatic carbocycles. The number of ether oxygens (including phenoxy) is 1. The van der Waals surface area contributed by atoms with Gasteiger partial charge in [0, 0.05) is 46.6 Å². The second-order valence-electron chi connectivity index (χ2n) is 7.35. The lowest BCUT2D eigenvalue weighted by atomic mass is 9.89. The molecule has 0 radical (unpaired) electrons. The second kappa shape index (κ2) is 7.29. The van der Waals surface area contributed by atoms with E-state index in [1.165, 1.54) is 12.8 Å². The van der Waals surface area contributed by atoms with Gasteiger partial charge in [-0.15, -0.1) is 10.2 Å². The Morgan fingerprint density at radius 3 is 2.84 bits per heavy atom. The quantitative estimate of drug-likeness (QED) is 0.767. The predicted molar refractivity (Wildman–Crippen MR) is 93.5 cm³/mol. The zero-order chi connectivity index (χ0) is 18.0. The van der Waals surface area contributed by atoms with E-state index in [0.717, 1.165) is 18.2 Å². The standard InChI is InChI=1S/C17H29N5O3/c1-13(23)21-8-4-7-17(24,12-21)11-15-18-19-16(20(2)14-5-6-14)22(15)9-10-25-3/h14,24H,4-12H2,1-3H3. The number of amides is 1. The average molecular weight is 351 g/mol. The van der Waals surface area contributed by atoms with Crippen LogP contribution in [0.2, 0.25) is 0 Å². The van der Waals surface area contributed by atoms with Crippen molar-refractivity contribution in [3.63, 3.8) is 0 Å². The van der Waals surface area contributed by atoms with Gasteiger partial charge in [-0.1, -0.05) is 0 Å². The van der Waals surface area contributed by atoms with Gasteiger partial charge in [0.05, 0.1) is 18.8 Å². The molecule has 8 nitrogen and oxygen atoms in total. The molecule has 0 aromatic carbocycles. The number of hydrogen-bond donors (Lipinski definition) is 1. The molecule has 3 rings (SSSR count). The van der Waals surface area contributed by atoms with Crippen LogP contribution in [-0.4, -0.2) is 76.2 Å². The minimum Gasteiger partial charge on any atom is -0.388 e. The van der Waals surface area contributed by atoms with Crippen LogP contribution in [0.5, 0.6) is 0 Å². The number of methoxy groups -OCH3 is 1. The molecule has 1 N–H and O–H groups in total. The third-order valence-corrected chi connectivity index (χ3v) is 5.22. The number of anilines is 1. The Hall–Kier alpha value is -1.67. The largest absolute Gasteiger partial charge is 0.388 e. The van der Waals surface area contributed by atoms with Gasteiger partial charge in [-0.25, -0.2) is 0 Å². The molecule has 0 spiro atoms. The number of carbonyl (C=O) groups is 1. The fourth-order valence-electron chi connectivity index (χ4n) is 3.57. The van der Waals surface area contributed by atoms with Gasteiger partial charge in [0.2, 0.25) is 11.9 Å². The summed E-state index contributed by atoms with van der Waals surface area (Å²) >= 11 is 0. The van der Waals surface area contributed by atoms with Crippen molar-refractivity contribution in [3.8, 4) is 0 Å². The number of aliphatic hydroxyl groups is 1.